The molecule has 0 N–H and O–H groups in total. The van der Waals surface area contributed by atoms with Crippen molar-refractivity contribution in [2.75, 3.05) is 4.90 Å². The molecule has 1 aliphatic rings. The molecule has 5 heteroatoms. The van der Waals surface area contributed by atoms with Gasteiger partial charge in [0.1, 0.15) is 11.5 Å². The van der Waals surface area contributed by atoms with Crippen LogP contribution in [0.15, 0.2) is 112 Å². The second-order valence-corrected chi connectivity index (χ2v) is 8.62. The van der Waals surface area contributed by atoms with E-state index in [1.54, 1.807) is 17.0 Å². The topological polar surface area (TPSA) is 33.5 Å². The minimum Gasteiger partial charge on any atom is -0.457 e. The monoisotopic (exact) mass is 501 g/mol. The highest BCUT2D eigenvalue weighted by atomic mass is 79.9. The highest BCUT2D eigenvalue weighted by Gasteiger charge is 2.31. The SMILES string of the molecule is O=C1/C(=C/c2ccc(-c3ccc(Br)cc3)o2)C=C(c2ccccc2)N1c1ccccc1Cl. The Morgan fingerprint density at radius 3 is 2.28 bits per heavy atom. The number of furan rings is 1. The van der Waals surface area contributed by atoms with E-state index in [2.05, 4.69) is 15.9 Å². The molecule has 0 bridgehead atoms. The van der Waals surface area contributed by atoms with Crippen LogP contribution >= 0.6 is 27.5 Å². The van der Waals surface area contributed by atoms with Gasteiger partial charge in [-0.1, -0.05) is 82.1 Å². The van der Waals surface area contributed by atoms with Gasteiger partial charge in [-0.3, -0.25) is 9.69 Å². The van der Waals surface area contributed by atoms with E-state index in [4.69, 9.17) is 16.0 Å². The number of benzene rings is 3. The molecule has 3 aromatic carbocycles. The molecule has 1 amide bonds. The van der Waals surface area contributed by atoms with Gasteiger partial charge in [0.05, 0.1) is 16.4 Å². The van der Waals surface area contributed by atoms with Crippen LogP contribution in [0.25, 0.3) is 23.1 Å². The molecule has 0 saturated carbocycles. The Balaban J connectivity index is 1.55. The third-order valence-electron chi connectivity index (χ3n) is 5.20. The third kappa shape index (κ3) is 3.95. The summed E-state index contributed by atoms with van der Waals surface area (Å²) in [7, 11) is 0. The lowest BCUT2D eigenvalue weighted by atomic mass is 10.1. The summed E-state index contributed by atoms with van der Waals surface area (Å²) >= 11 is 9.89. The molecule has 156 valence electrons. The average molecular weight is 503 g/mol. The van der Waals surface area contributed by atoms with Crippen LogP contribution in [0, 0.1) is 0 Å². The number of carbonyl (C=O) groups is 1. The van der Waals surface area contributed by atoms with Crippen molar-refractivity contribution in [3.05, 3.63) is 123 Å². The molecule has 1 aromatic heterocycles. The number of carbonyl (C=O) groups excluding carboxylic acids is 1. The van der Waals surface area contributed by atoms with Crippen LogP contribution in [-0.4, -0.2) is 5.91 Å². The average Bonchev–Trinajstić information content (AvgIpc) is 3.41. The zero-order valence-electron chi connectivity index (χ0n) is 16.8. The Morgan fingerprint density at radius 2 is 1.53 bits per heavy atom. The van der Waals surface area contributed by atoms with Crippen LogP contribution in [0.3, 0.4) is 0 Å². The van der Waals surface area contributed by atoms with Gasteiger partial charge in [-0.2, -0.15) is 0 Å². The Bertz CT molecular complexity index is 1350. The van der Waals surface area contributed by atoms with Gasteiger partial charge in [-0.15, -0.1) is 0 Å². The Morgan fingerprint density at radius 1 is 0.812 bits per heavy atom. The van der Waals surface area contributed by atoms with Gasteiger partial charge in [-0.25, -0.2) is 0 Å². The molecule has 2 heterocycles. The second-order valence-electron chi connectivity index (χ2n) is 7.30. The summed E-state index contributed by atoms with van der Waals surface area (Å²) in [6, 6.07) is 28.8. The zero-order valence-corrected chi connectivity index (χ0v) is 19.2. The highest BCUT2D eigenvalue weighted by Crippen LogP contribution is 2.38. The van der Waals surface area contributed by atoms with Crippen molar-refractivity contribution in [3.8, 4) is 11.3 Å². The summed E-state index contributed by atoms with van der Waals surface area (Å²) in [6.07, 6.45) is 3.65. The number of rotatable bonds is 4. The fourth-order valence-electron chi connectivity index (χ4n) is 3.66. The second kappa shape index (κ2) is 8.65. The van der Waals surface area contributed by atoms with E-state index in [0.29, 0.717) is 22.0 Å². The molecule has 0 spiro atoms. The predicted molar refractivity (Wildman–Crippen MR) is 133 cm³/mol. The summed E-state index contributed by atoms with van der Waals surface area (Å²) in [6.45, 7) is 0. The van der Waals surface area contributed by atoms with Gasteiger partial charge in [0.25, 0.3) is 5.91 Å². The number of hydrogen-bond acceptors (Lipinski definition) is 2. The van der Waals surface area contributed by atoms with E-state index in [-0.39, 0.29) is 5.91 Å². The molecule has 0 unspecified atom stereocenters. The van der Waals surface area contributed by atoms with Crippen LogP contribution in [0.1, 0.15) is 11.3 Å². The lowest BCUT2D eigenvalue weighted by Crippen LogP contribution is -2.25. The molecule has 1 aliphatic heterocycles. The van der Waals surface area contributed by atoms with Gasteiger partial charge in [0, 0.05) is 15.6 Å². The van der Waals surface area contributed by atoms with Crippen molar-refractivity contribution < 1.29 is 9.21 Å². The molecule has 32 heavy (non-hydrogen) atoms. The maximum Gasteiger partial charge on any atom is 0.263 e. The number of anilines is 1. The van der Waals surface area contributed by atoms with Crippen molar-refractivity contribution in [2.45, 2.75) is 0 Å². The molecule has 0 aliphatic carbocycles. The summed E-state index contributed by atoms with van der Waals surface area (Å²) < 4.78 is 7.01. The van der Waals surface area contributed by atoms with Crippen molar-refractivity contribution in [3.63, 3.8) is 0 Å². The fraction of sp³-hybridized carbons (Fsp3) is 0. The van der Waals surface area contributed by atoms with Gasteiger partial charge in [0.2, 0.25) is 0 Å². The first-order valence-corrected chi connectivity index (χ1v) is 11.2. The lowest BCUT2D eigenvalue weighted by molar-refractivity contribution is -0.113. The van der Waals surface area contributed by atoms with Gasteiger partial charge in [-0.05, 0) is 54.1 Å². The standard InChI is InChI=1S/C27H17BrClNO2/c28-21-12-10-19(11-13-21)26-15-14-22(32-26)16-20-17-25(18-6-2-1-3-7-18)30(27(20)31)24-9-5-4-8-23(24)29/h1-17H/b20-16+. The minimum absolute atomic E-state index is 0.154. The van der Waals surface area contributed by atoms with Crippen LogP contribution in [-0.2, 0) is 4.79 Å². The molecule has 5 rings (SSSR count). The largest absolute Gasteiger partial charge is 0.457 e. The van der Waals surface area contributed by atoms with Crippen molar-refractivity contribution in [1.82, 2.24) is 0 Å². The molecule has 0 fully saturated rings. The van der Waals surface area contributed by atoms with Crippen LogP contribution < -0.4 is 4.90 Å². The van der Waals surface area contributed by atoms with E-state index in [9.17, 15) is 4.79 Å². The first-order valence-electron chi connectivity index (χ1n) is 10.0. The first-order chi connectivity index (χ1) is 15.6. The van der Waals surface area contributed by atoms with Gasteiger partial charge in [0.15, 0.2) is 0 Å². The van der Waals surface area contributed by atoms with E-state index in [0.717, 1.165) is 27.1 Å². The minimum atomic E-state index is -0.154. The number of para-hydroxylation sites is 1. The smallest absolute Gasteiger partial charge is 0.263 e. The number of amides is 1. The normalized spacial score (nSPS) is 14.8. The summed E-state index contributed by atoms with van der Waals surface area (Å²) in [5, 5.41) is 0.513. The number of nitrogens with zero attached hydrogens (tertiary/aromatic N) is 1. The first kappa shape index (κ1) is 20.6. The third-order valence-corrected chi connectivity index (χ3v) is 6.05. The van der Waals surface area contributed by atoms with Gasteiger partial charge >= 0.3 is 0 Å². The van der Waals surface area contributed by atoms with Crippen molar-refractivity contribution in [1.29, 1.82) is 0 Å². The van der Waals surface area contributed by atoms with E-state index in [1.807, 2.05) is 91.0 Å². The maximum atomic E-state index is 13.5. The Labute approximate surface area is 199 Å². The fourth-order valence-corrected chi connectivity index (χ4v) is 4.15. The van der Waals surface area contributed by atoms with E-state index in [1.165, 1.54) is 0 Å². The van der Waals surface area contributed by atoms with Crippen molar-refractivity contribution in [2.24, 2.45) is 0 Å². The molecule has 3 nitrogen and oxygen atoms in total. The summed E-state index contributed by atoms with van der Waals surface area (Å²) in [5.74, 6) is 1.19. The molecule has 0 radical (unpaired) electrons. The van der Waals surface area contributed by atoms with Crippen molar-refractivity contribution >= 4 is 50.9 Å². The number of halogens is 2. The molecule has 4 aromatic rings. The molecular formula is C27H17BrClNO2. The predicted octanol–water partition coefficient (Wildman–Crippen LogP) is 7.83. The van der Waals surface area contributed by atoms with E-state index < -0.39 is 0 Å². The van der Waals surface area contributed by atoms with Crippen LogP contribution in [0.4, 0.5) is 5.69 Å². The van der Waals surface area contributed by atoms with Gasteiger partial charge < -0.3 is 4.42 Å². The molecular weight excluding hydrogens is 486 g/mol. The van der Waals surface area contributed by atoms with Crippen LogP contribution in [0.5, 0.6) is 0 Å². The number of hydrogen-bond donors (Lipinski definition) is 0. The van der Waals surface area contributed by atoms with Crippen LogP contribution in [0.2, 0.25) is 5.02 Å². The lowest BCUT2D eigenvalue weighted by Gasteiger charge is -2.21. The summed E-state index contributed by atoms with van der Waals surface area (Å²) in [5.41, 5.74) is 3.84. The van der Waals surface area contributed by atoms with E-state index >= 15 is 0 Å². The quantitative estimate of drug-likeness (QED) is 0.266. The highest BCUT2D eigenvalue weighted by molar-refractivity contribution is 9.10. The summed E-state index contributed by atoms with van der Waals surface area (Å²) in [4.78, 5) is 15.1. The Hall–Kier alpha value is -3.34. The maximum absolute atomic E-state index is 13.5. The zero-order chi connectivity index (χ0) is 22.1. The molecule has 0 saturated heterocycles. The molecule has 0 atom stereocenters. The Kier molecular flexibility index (Phi) is 5.56.